The van der Waals surface area contributed by atoms with Gasteiger partial charge in [0.25, 0.3) is 0 Å². The lowest BCUT2D eigenvalue weighted by atomic mass is 10.1. The van der Waals surface area contributed by atoms with Crippen LogP contribution in [0.3, 0.4) is 0 Å². The number of likely N-dealkylation sites (N-methyl/N-ethyl adjacent to an activating group) is 1. The minimum Gasteiger partial charge on any atom is -0.389 e. The number of halogens is 2. The van der Waals surface area contributed by atoms with E-state index in [0.717, 1.165) is 0 Å². The Morgan fingerprint density at radius 2 is 2.26 bits per heavy atom. The number of carbonyl (C=O) groups excluding carboxylic acids is 1. The molecule has 1 aromatic rings. The standard InChI is InChI=1S/C13H17ClFNO3/c1-16(7-9(17)8-19-2)13(18)6-10-11(14)4-3-5-12(10)15/h3-5,9,17H,6-8H2,1-2H3. The average molecular weight is 290 g/mol. The number of benzene rings is 1. The molecule has 1 N–H and O–H groups in total. The van der Waals surface area contributed by atoms with E-state index < -0.39 is 11.9 Å². The Bertz CT molecular complexity index is 422. The van der Waals surface area contributed by atoms with Gasteiger partial charge in [0.2, 0.25) is 5.91 Å². The molecule has 1 amide bonds. The molecule has 106 valence electrons. The molecular weight excluding hydrogens is 273 g/mol. The van der Waals surface area contributed by atoms with Gasteiger partial charge >= 0.3 is 0 Å². The van der Waals surface area contributed by atoms with Gasteiger partial charge in [-0.3, -0.25) is 4.79 Å². The van der Waals surface area contributed by atoms with E-state index in [9.17, 15) is 14.3 Å². The molecule has 1 atom stereocenters. The van der Waals surface area contributed by atoms with Crippen LogP contribution in [0.15, 0.2) is 18.2 Å². The van der Waals surface area contributed by atoms with Crippen molar-refractivity contribution in [2.45, 2.75) is 12.5 Å². The summed E-state index contributed by atoms with van der Waals surface area (Å²) in [6.07, 6.45) is -0.906. The Morgan fingerprint density at radius 1 is 1.58 bits per heavy atom. The first-order valence-electron chi connectivity index (χ1n) is 5.79. The van der Waals surface area contributed by atoms with Crippen LogP contribution >= 0.6 is 11.6 Å². The molecular formula is C13H17ClFNO3. The molecule has 0 aliphatic heterocycles. The summed E-state index contributed by atoms with van der Waals surface area (Å²) in [5.74, 6) is -0.825. The average Bonchev–Trinajstić information content (AvgIpc) is 2.34. The van der Waals surface area contributed by atoms with Crippen LogP contribution in [0, 0.1) is 5.82 Å². The number of ether oxygens (including phenoxy) is 1. The number of hydrogen-bond acceptors (Lipinski definition) is 3. The highest BCUT2D eigenvalue weighted by atomic mass is 35.5. The molecule has 4 nitrogen and oxygen atoms in total. The third-order valence-electron chi connectivity index (χ3n) is 2.66. The summed E-state index contributed by atoms with van der Waals surface area (Å²) in [6, 6.07) is 4.28. The molecule has 0 saturated carbocycles. The van der Waals surface area contributed by atoms with Gasteiger partial charge in [0, 0.05) is 31.3 Å². The van der Waals surface area contributed by atoms with E-state index >= 15 is 0 Å². The summed E-state index contributed by atoms with van der Waals surface area (Å²) in [4.78, 5) is 13.2. The highest BCUT2D eigenvalue weighted by Crippen LogP contribution is 2.19. The molecule has 1 rings (SSSR count). The zero-order valence-electron chi connectivity index (χ0n) is 10.9. The molecule has 0 bridgehead atoms. The maximum atomic E-state index is 13.5. The van der Waals surface area contributed by atoms with Crippen LogP contribution in [0.25, 0.3) is 0 Å². The fourth-order valence-electron chi connectivity index (χ4n) is 1.65. The second-order valence-corrected chi connectivity index (χ2v) is 4.67. The van der Waals surface area contributed by atoms with Crippen LogP contribution in [0.4, 0.5) is 4.39 Å². The second kappa shape index (κ2) is 7.43. The predicted molar refractivity (Wildman–Crippen MR) is 70.6 cm³/mol. The van der Waals surface area contributed by atoms with Gasteiger partial charge in [-0.15, -0.1) is 0 Å². The number of rotatable bonds is 6. The Kier molecular flexibility index (Phi) is 6.21. The van der Waals surface area contributed by atoms with E-state index in [4.69, 9.17) is 16.3 Å². The summed E-state index contributed by atoms with van der Waals surface area (Å²) >= 11 is 5.85. The number of nitrogens with zero attached hydrogens (tertiary/aromatic N) is 1. The normalized spacial score (nSPS) is 12.3. The first kappa shape index (κ1) is 15.9. The van der Waals surface area contributed by atoms with E-state index in [-0.39, 0.29) is 36.1 Å². The molecule has 19 heavy (non-hydrogen) atoms. The van der Waals surface area contributed by atoms with Crippen molar-refractivity contribution >= 4 is 17.5 Å². The fourth-order valence-corrected chi connectivity index (χ4v) is 1.88. The van der Waals surface area contributed by atoms with Crippen molar-refractivity contribution in [1.29, 1.82) is 0 Å². The van der Waals surface area contributed by atoms with Crippen molar-refractivity contribution < 1.29 is 19.0 Å². The van der Waals surface area contributed by atoms with Gasteiger partial charge in [0.05, 0.1) is 19.1 Å². The number of aliphatic hydroxyl groups excluding tert-OH is 1. The lowest BCUT2D eigenvalue weighted by Gasteiger charge is -2.20. The zero-order chi connectivity index (χ0) is 14.4. The second-order valence-electron chi connectivity index (χ2n) is 4.26. The Balaban J connectivity index is 2.64. The number of methoxy groups -OCH3 is 1. The molecule has 0 aliphatic carbocycles. The number of amides is 1. The number of carbonyl (C=O) groups is 1. The van der Waals surface area contributed by atoms with Gasteiger partial charge in [-0.25, -0.2) is 4.39 Å². The Labute approximate surface area is 116 Å². The molecule has 0 spiro atoms. The van der Waals surface area contributed by atoms with Crippen molar-refractivity contribution in [3.63, 3.8) is 0 Å². The number of aliphatic hydroxyl groups is 1. The first-order valence-corrected chi connectivity index (χ1v) is 6.17. The van der Waals surface area contributed by atoms with Gasteiger partial charge in [-0.05, 0) is 12.1 Å². The van der Waals surface area contributed by atoms with Gasteiger partial charge in [0.1, 0.15) is 5.82 Å². The smallest absolute Gasteiger partial charge is 0.226 e. The van der Waals surface area contributed by atoms with Gasteiger partial charge < -0.3 is 14.7 Å². The summed E-state index contributed by atoms with van der Waals surface area (Å²) in [7, 11) is 3.00. The SMILES string of the molecule is COCC(O)CN(C)C(=O)Cc1c(F)cccc1Cl. The summed E-state index contributed by atoms with van der Waals surface area (Å²) in [5.41, 5.74) is 0.169. The molecule has 0 fully saturated rings. The van der Waals surface area contributed by atoms with Crippen LogP contribution in [-0.4, -0.2) is 49.3 Å². The van der Waals surface area contributed by atoms with Gasteiger partial charge in [-0.2, -0.15) is 0 Å². The molecule has 6 heteroatoms. The van der Waals surface area contributed by atoms with E-state index in [1.54, 1.807) is 0 Å². The number of hydrogen-bond donors (Lipinski definition) is 1. The van der Waals surface area contributed by atoms with Crippen molar-refractivity contribution in [2.75, 3.05) is 27.3 Å². The van der Waals surface area contributed by atoms with E-state index in [0.29, 0.717) is 0 Å². The van der Waals surface area contributed by atoms with Gasteiger partial charge in [-0.1, -0.05) is 17.7 Å². The summed E-state index contributed by atoms with van der Waals surface area (Å²) in [6.45, 7) is 0.261. The van der Waals surface area contributed by atoms with Crippen molar-refractivity contribution in [3.8, 4) is 0 Å². The lowest BCUT2D eigenvalue weighted by molar-refractivity contribution is -0.130. The Hall–Kier alpha value is -1.17. The zero-order valence-corrected chi connectivity index (χ0v) is 11.7. The molecule has 0 aliphatic rings. The molecule has 0 heterocycles. The topological polar surface area (TPSA) is 49.8 Å². The fraction of sp³-hybridized carbons (Fsp3) is 0.462. The quantitative estimate of drug-likeness (QED) is 0.863. The third kappa shape index (κ3) is 4.78. The van der Waals surface area contributed by atoms with Crippen LogP contribution in [-0.2, 0) is 16.0 Å². The predicted octanol–water partition coefficient (Wildman–Crippen LogP) is 1.49. The molecule has 0 radical (unpaired) electrons. The van der Waals surface area contributed by atoms with E-state index in [1.165, 1.54) is 37.3 Å². The van der Waals surface area contributed by atoms with Crippen LogP contribution in [0.5, 0.6) is 0 Å². The highest BCUT2D eigenvalue weighted by molar-refractivity contribution is 6.31. The van der Waals surface area contributed by atoms with E-state index in [2.05, 4.69) is 0 Å². The van der Waals surface area contributed by atoms with Gasteiger partial charge in [0.15, 0.2) is 0 Å². The largest absolute Gasteiger partial charge is 0.389 e. The van der Waals surface area contributed by atoms with Crippen molar-refractivity contribution in [2.24, 2.45) is 0 Å². The van der Waals surface area contributed by atoms with Crippen molar-refractivity contribution in [1.82, 2.24) is 4.90 Å². The minimum absolute atomic E-state index is 0.124. The monoisotopic (exact) mass is 289 g/mol. The molecule has 0 saturated heterocycles. The van der Waals surface area contributed by atoms with Crippen LogP contribution < -0.4 is 0 Å². The minimum atomic E-state index is -0.768. The lowest BCUT2D eigenvalue weighted by Crippen LogP contribution is -2.37. The van der Waals surface area contributed by atoms with E-state index in [1.807, 2.05) is 0 Å². The first-order chi connectivity index (χ1) is 8.95. The highest BCUT2D eigenvalue weighted by Gasteiger charge is 2.17. The van der Waals surface area contributed by atoms with Crippen LogP contribution in [0.2, 0.25) is 5.02 Å². The van der Waals surface area contributed by atoms with Crippen LogP contribution in [0.1, 0.15) is 5.56 Å². The third-order valence-corrected chi connectivity index (χ3v) is 3.01. The summed E-state index contributed by atoms with van der Waals surface area (Å²) < 4.78 is 18.3. The summed E-state index contributed by atoms with van der Waals surface area (Å²) in [5, 5.41) is 9.75. The maximum Gasteiger partial charge on any atom is 0.226 e. The molecule has 1 unspecified atom stereocenters. The maximum absolute atomic E-state index is 13.5. The molecule has 1 aromatic carbocycles. The Morgan fingerprint density at radius 3 is 2.84 bits per heavy atom. The van der Waals surface area contributed by atoms with Crippen molar-refractivity contribution in [3.05, 3.63) is 34.6 Å². The molecule has 0 aromatic heterocycles.